The second-order valence-corrected chi connectivity index (χ2v) is 13.3. The Morgan fingerprint density at radius 1 is 1.18 bits per heavy atom. The largest absolute Gasteiger partial charge is 0.442 e. The van der Waals surface area contributed by atoms with Crippen molar-refractivity contribution >= 4 is 23.3 Å². The first kappa shape index (κ1) is 30.4. The van der Waals surface area contributed by atoms with Crippen LogP contribution in [0.25, 0.3) is 0 Å². The van der Waals surface area contributed by atoms with Crippen molar-refractivity contribution in [2.24, 2.45) is 28.6 Å². The molecule has 1 aromatic carbocycles. The number of fused-ring (bicyclic) bond motifs is 5. The number of ketones is 1. The van der Waals surface area contributed by atoms with Gasteiger partial charge in [-0.1, -0.05) is 19.1 Å². The quantitative estimate of drug-likeness (QED) is 0.291. The highest BCUT2D eigenvalue weighted by Gasteiger charge is 2.80. The maximum absolute atomic E-state index is 17.6. The molecule has 0 unspecified atom stereocenters. The number of nitro groups is 1. The van der Waals surface area contributed by atoms with E-state index in [-0.39, 0.29) is 36.8 Å². The van der Waals surface area contributed by atoms with Crippen molar-refractivity contribution in [1.29, 1.82) is 0 Å². The van der Waals surface area contributed by atoms with Crippen LogP contribution < -0.4 is 0 Å². The minimum atomic E-state index is -2.59. The number of esters is 1. The number of alkyl halides is 3. The number of nitro benzene ring substituents is 1. The van der Waals surface area contributed by atoms with Gasteiger partial charge in [0.05, 0.1) is 16.6 Å². The van der Waals surface area contributed by atoms with E-state index < -0.39 is 99.9 Å². The van der Waals surface area contributed by atoms with Crippen molar-refractivity contribution in [3.63, 3.8) is 0 Å². The standard InChI is InChI=1S/C31H33F3N2O8/c1-28-7-6-19(38)9-22(28)23(32)10-21-20-11-24(33)31(27(41)35-13-16(14-35)15-37,29(20,2)12-25(39)30(21,28)34)44-26(40)17-4-3-5-18(8-17)36(42)43/h3-9,16,20-21,23-25,37,39H,10-15H2,1-2H3/t20-,21-,23-,24+,25-,28-,29-,30-,31-/m0/s1. The minimum Gasteiger partial charge on any atom is -0.442 e. The molecule has 5 aliphatic rings. The van der Waals surface area contributed by atoms with Gasteiger partial charge in [-0.05, 0) is 55.9 Å². The first-order valence-electron chi connectivity index (χ1n) is 14.6. The van der Waals surface area contributed by atoms with Gasteiger partial charge in [0.15, 0.2) is 11.5 Å². The Hall–Kier alpha value is -3.58. The number of hydrogen-bond acceptors (Lipinski definition) is 8. The van der Waals surface area contributed by atoms with Gasteiger partial charge in [-0.25, -0.2) is 18.0 Å². The smallest absolute Gasteiger partial charge is 0.339 e. The maximum Gasteiger partial charge on any atom is 0.339 e. The Kier molecular flexibility index (Phi) is 6.89. The molecule has 13 heteroatoms. The van der Waals surface area contributed by atoms with Crippen LogP contribution in [0.3, 0.4) is 0 Å². The summed E-state index contributed by atoms with van der Waals surface area (Å²) in [4.78, 5) is 51.8. The molecule has 6 rings (SSSR count). The van der Waals surface area contributed by atoms with E-state index >= 15 is 13.2 Å². The van der Waals surface area contributed by atoms with Gasteiger partial charge in [0.2, 0.25) is 5.60 Å². The monoisotopic (exact) mass is 618 g/mol. The highest BCUT2D eigenvalue weighted by molar-refractivity contribution is 6.01. The lowest BCUT2D eigenvalue weighted by Gasteiger charge is -2.63. The molecule has 10 nitrogen and oxygen atoms in total. The Labute approximate surface area is 250 Å². The van der Waals surface area contributed by atoms with Crippen LogP contribution in [0.15, 0.2) is 48.1 Å². The second-order valence-electron chi connectivity index (χ2n) is 13.3. The van der Waals surface area contributed by atoms with Crippen molar-refractivity contribution in [3.8, 4) is 0 Å². The Morgan fingerprint density at radius 2 is 1.89 bits per heavy atom. The van der Waals surface area contributed by atoms with Crippen molar-refractivity contribution < 1.29 is 47.4 Å². The van der Waals surface area contributed by atoms with Crippen molar-refractivity contribution in [2.45, 2.75) is 62.8 Å². The number of hydrogen-bond donors (Lipinski definition) is 2. The van der Waals surface area contributed by atoms with E-state index in [0.717, 1.165) is 24.3 Å². The third kappa shape index (κ3) is 3.84. The zero-order valence-electron chi connectivity index (χ0n) is 24.1. The molecule has 9 atom stereocenters. The summed E-state index contributed by atoms with van der Waals surface area (Å²) in [7, 11) is 0. The predicted molar refractivity (Wildman–Crippen MR) is 147 cm³/mol. The average Bonchev–Trinajstić information content (AvgIpc) is 3.17. The van der Waals surface area contributed by atoms with Crippen molar-refractivity contribution in [3.05, 3.63) is 63.7 Å². The molecule has 1 aromatic rings. The molecule has 3 saturated carbocycles. The summed E-state index contributed by atoms with van der Waals surface area (Å²) in [5.74, 6) is -5.40. The Balaban J connectivity index is 1.46. The molecule has 4 fully saturated rings. The highest BCUT2D eigenvalue weighted by atomic mass is 19.1. The molecule has 0 radical (unpaired) electrons. The first-order chi connectivity index (χ1) is 20.6. The number of non-ortho nitro benzene ring substituents is 1. The summed E-state index contributed by atoms with van der Waals surface area (Å²) in [6, 6.07) is 4.51. The SMILES string of the molecule is C[C@]12C=CC(=O)C=C1[C@@H](F)C[C@H]1[C@@H]3C[C@@H](F)[C@](OC(=O)c4cccc([N+](=O)[O-])c4)(C(=O)N4CC(CO)C4)[C@@]3(C)C[C@H](O)[C@@]12F. The van der Waals surface area contributed by atoms with Gasteiger partial charge in [0.25, 0.3) is 11.6 Å². The van der Waals surface area contributed by atoms with E-state index in [9.17, 15) is 34.7 Å². The molecule has 0 aromatic heterocycles. The number of amides is 1. The summed E-state index contributed by atoms with van der Waals surface area (Å²) in [5, 5.41) is 32.5. The molecule has 2 N–H and O–H groups in total. The topological polar surface area (TPSA) is 147 Å². The van der Waals surface area contributed by atoms with Gasteiger partial charge >= 0.3 is 5.97 Å². The number of carbonyl (C=O) groups is 3. The number of allylic oxidation sites excluding steroid dienone is 4. The molecular weight excluding hydrogens is 585 g/mol. The second kappa shape index (κ2) is 9.96. The van der Waals surface area contributed by atoms with E-state index in [0.29, 0.717) is 0 Å². The zero-order chi connectivity index (χ0) is 32.0. The molecule has 4 aliphatic carbocycles. The molecule has 1 heterocycles. The number of likely N-dealkylation sites (tertiary alicyclic amines) is 1. The molecule has 1 saturated heterocycles. The van der Waals surface area contributed by atoms with Crippen LogP contribution in [0.5, 0.6) is 0 Å². The van der Waals surface area contributed by atoms with E-state index in [1.807, 2.05) is 0 Å². The average molecular weight is 619 g/mol. The van der Waals surface area contributed by atoms with Crippen molar-refractivity contribution in [2.75, 3.05) is 19.7 Å². The fourth-order valence-corrected chi connectivity index (χ4v) is 8.80. The number of rotatable bonds is 5. The third-order valence-electron chi connectivity index (χ3n) is 11.1. The fourth-order valence-electron chi connectivity index (χ4n) is 8.80. The fraction of sp³-hybridized carbons (Fsp3) is 0.581. The van der Waals surface area contributed by atoms with E-state index in [1.54, 1.807) is 0 Å². The highest BCUT2D eigenvalue weighted by Crippen LogP contribution is 2.71. The summed E-state index contributed by atoms with van der Waals surface area (Å²) in [5.41, 5.74) is -9.50. The molecule has 0 bridgehead atoms. The van der Waals surface area contributed by atoms with Crippen LogP contribution >= 0.6 is 0 Å². The molecule has 236 valence electrons. The Morgan fingerprint density at radius 3 is 2.55 bits per heavy atom. The molecule has 44 heavy (non-hydrogen) atoms. The van der Waals surface area contributed by atoms with Gasteiger partial charge in [-0.2, -0.15) is 0 Å². The molecular formula is C31H33F3N2O8. The summed E-state index contributed by atoms with van der Waals surface area (Å²) in [6.45, 7) is 2.66. The van der Waals surface area contributed by atoms with Crippen LogP contribution in [-0.2, 0) is 14.3 Å². The number of halogens is 3. The van der Waals surface area contributed by atoms with Crippen LogP contribution in [0.1, 0.15) is 43.5 Å². The normalized spacial score (nSPS) is 41.2. The molecule has 0 spiro atoms. The summed E-state index contributed by atoms with van der Waals surface area (Å²) in [6.07, 6.45) is -4.03. The van der Waals surface area contributed by atoms with E-state index in [2.05, 4.69) is 0 Å². The van der Waals surface area contributed by atoms with Gasteiger partial charge in [0.1, 0.15) is 12.3 Å². The number of carbonyl (C=O) groups excluding carboxylic acids is 3. The lowest BCUT2D eigenvalue weighted by molar-refractivity contribution is -0.384. The predicted octanol–water partition coefficient (Wildman–Crippen LogP) is 3.21. The van der Waals surface area contributed by atoms with E-state index in [4.69, 9.17) is 4.74 Å². The third-order valence-corrected chi connectivity index (χ3v) is 11.1. The number of aliphatic hydroxyl groups excluding tert-OH is 2. The minimum absolute atomic E-state index is 0.0372. The van der Waals surface area contributed by atoms with Crippen molar-refractivity contribution in [1.82, 2.24) is 4.90 Å². The van der Waals surface area contributed by atoms with Gasteiger partial charge in [-0.3, -0.25) is 19.7 Å². The zero-order valence-corrected chi connectivity index (χ0v) is 24.1. The first-order valence-corrected chi connectivity index (χ1v) is 14.6. The van der Waals surface area contributed by atoms with Crippen LogP contribution in [-0.4, -0.2) is 87.1 Å². The van der Waals surface area contributed by atoms with Gasteiger partial charge < -0.3 is 19.8 Å². The van der Waals surface area contributed by atoms with E-state index in [1.165, 1.54) is 37.0 Å². The molecule has 1 amide bonds. The number of aliphatic hydroxyl groups is 2. The lowest BCUT2D eigenvalue weighted by Crippen LogP contribution is -2.73. The van der Waals surface area contributed by atoms with Crippen LogP contribution in [0.2, 0.25) is 0 Å². The summed E-state index contributed by atoms with van der Waals surface area (Å²) >= 11 is 0. The molecule has 1 aliphatic heterocycles. The number of nitrogens with zero attached hydrogens (tertiary/aromatic N) is 2. The van der Waals surface area contributed by atoms with Gasteiger partial charge in [-0.15, -0.1) is 0 Å². The summed E-state index contributed by atoms with van der Waals surface area (Å²) < 4.78 is 56.0. The Bertz CT molecular complexity index is 1510. The van der Waals surface area contributed by atoms with Crippen LogP contribution in [0.4, 0.5) is 18.9 Å². The maximum atomic E-state index is 17.6. The van der Waals surface area contributed by atoms with Crippen LogP contribution in [0, 0.1) is 38.7 Å². The number of ether oxygens (including phenoxy) is 1. The number of benzene rings is 1. The van der Waals surface area contributed by atoms with Gasteiger partial charge in [0, 0.05) is 54.5 Å². The lowest BCUT2D eigenvalue weighted by atomic mass is 9.44.